The molecule has 1 amide bonds. The molecule has 2 N–H and O–H groups in total. The summed E-state index contributed by atoms with van der Waals surface area (Å²) in [4.78, 5) is 12.4. The van der Waals surface area contributed by atoms with Gasteiger partial charge in [0.05, 0.1) is 0 Å². The molecular weight excluding hydrogens is 276 g/mol. The van der Waals surface area contributed by atoms with Crippen LogP contribution in [-0.4, -0.2) is 24.0 Å². The highest BCUT2D eigenvalue weighted by Gasteiger charge is 2.39. The quantitative estimate of drug-likeness (QED) is 0.915. The molecule has 4 rings (SSSR count). The van der Waals surface area contributed by atoms with E-state index in [2.05, 4.69) is 10.6 Å². The summed E-state index contributed by atoms with van der Waals surface area (Å²) in [5, 5.41) is 6.64. The number of rotatable bonds is 3. The molecule has 4 nitrogen and oxygen atoms in total. The third-order valence-electron chi connectivity index (χ3n) is 4.86. The lowest BCUT2D eigenvalue weighted by Crippen LogP contribution is -2.42. The van der Waals surface area contributed by atoms with E-state index in [1.165, 1.54) is 6.42 Å². The lowest BCUT2D eigenvalue weighted by atomic mass is 9.95. The Morgan fingerprint density at radius 2 is 2.09 bits per heavy atom. The summed E-state index contributed by atoms with van der Waals surface area (Å²) in [5.41, 5.74) is 2.17. The molecule has 2 aliphatic heterocycles. The monoisotopic (exact) mass is 296 g/mol. The molecule has 3 atom stereocenters. The zero-order chi connectivity index (χ0) is 15.1. The van der Waals surface area contributed by atoms with Gasteiger partial charge in [0.2, 0.25) is 0 Å². The largest absolute Gasteiger partial charge is 0.451 e. The number of furan rings is 1. The van der Waals surface area contributed by atoms with E-state index in [9.17, 15) is 4.79 Å². The average Bonchev–Trinajstić information content (AvgIpc) is 3.24. The van der Waals surface area contributed by atoms with Gasteiger partial charge < -0.3 is 15.1 Å². The molecular formula is C18H20N2O2. The summed E-state index contributed by atoms with van der Waals surface area (Å²) < 4.78 is 5.77. The number of amides is 1. The minimum atomic E-state index is -0.112. The molecule has 1 aromatic heterocycles. The van der Waals surface area contributed by atoms with Crippen molar-refractivity contribution in [1.82, 2.24) is 10.6 Å². The Kier molecular flexibility index (Phi) is 3.26. The number of aryl methyl sites for hydroxylation is 1. The standard InChI is InChI=1S/C18H20N2O2/c1-11-4-2-3-5-13(11)16-8-9-17(22-16)18(21)20-15-10-12-6-7-14(15)19-12/h2-5,8-9,12,14-15,19H,6-7,10H2,1H3,(H,20,21). The highest BCUT2D eigenvalue weighted by atomic mass is 16.3. The summed E-state index contributed by atoms with van der Waals surface area (Å²) in [6.07, 6.45) is 3.42. The fraction of sp³-hybridized carbons (Fsp3) is 0.389. The Bertz CT molecular complexity index is 707. The van der Waals surface area contributed by atoms with Gasteiger partial charge in [-0.25, -0.2) is 0 Å². The van der Waals surface area contributed by atoms with Gasteiger partial charge >= 0.3 is 0 Å². The van der Waals surface area contributed by atoms with Crippen LogP contribution in [0.4, 0.5) is 0 Å². The molecule has 3 unspecified atom stereocenters. The Hall–Kier alpha value is -2.07. The molecule has 0 radical (unpaired) electrons. The number of carbonyl (C=O) groups excluding carboxylic acids is 1. The minimum absolute atomic E-state index is 0.112. The molecule has 0 spiro atoms. The molecule has 2 saturated heterocycles. The maximum atomic E-state index is 12.4. The van der Waals surface area contributed by atoms with Crippen molar-refractivity contribution >= 4 is 5.91 Å². The summed E-state index contributed by atoms with van der Waals surface area (Å²) in [6.45, 7) is 2.04. The number of carbonyl (C=O) groups is 1. The molecule has 0 aliphatic carbocycles. The average molecular weight is 296 g/mol. The van der Waals surface area contributed by atoms with E-state index in [4.69, 9.17) is 4.42 Å². The van der Waals surface area contributed by atoms with Crippen LogP contribution in [0.3, 0.4) is 0 Å². The Morgan fingerprint density at radius 1 is 1.23 bits per heavy atom. The van der Waals surface area contributed by atoms with Gasteiger partial charge in [-0.05, 0) is 43.9 Å². The molecule has 4 heteroatoms. The number of fused-ring (bicyclic) bond motifs is 2. The van der Waals surface area contributed by atoms with Crippen LogP contribution in [0.2, 0.25) is 0 Å². The first-order chi connectivity index (χ1) is 10.7. The Morgan fingerprint density at radius 3 is 2.82 bits per heavy atom. The molecule has 2 aromatic rings. The predicted octanol–water partition coefficient (Wildman–Crippen LogP) is 2.88. The van der Waals surface area contributed by atoms with Gasteiger partial charge in [0.1, 0.15) is 5.76 Å². The third-order valence-corrected chi connectivity index (χ3v) is 4.86. The molecule has 1 aromatic carbocycles. The van der Waals surface area contributed by atoms with E-state index in [0.717, 1.165) is 29.7 Å². The van der Waals surface area contributed by atoms with Gasteiger partial charge in [0.25, 0.3) is 5.91 Å². The lowest BCUT2D eigenvalue weighted by molar-refractivity contribution is 0.0903. The normalized spacial score (nSPS) is 26.3. The molecule has 2 bridgehead atoms. The zero-order valence-electron chi connectivity index (χ0n) is 12.6. The maximum absolute atomic E-state index is 12.4. The van der Waals surface area contributed by atoms with E-state index in [0.29, 0.717) is 17.8 Å². The van der Waals surface area contributed by atoms with Crippen molar-refractivity contribution in [2.45, 2.75) is 44.3 Å². The first-order valence-electron chi connectivity index (χ1n) is 7.93. The molecule has 22 heavy (non-hydrogen) atoms. The van der Waals surface area contributed by atoms with Crippen LogP contribution >= 0.6 is 0 Å². The van der Waals surface area contributed by atoms with Gasteiger partial charge in [0.15, 0.2) is 5.76 Å². The first-order valence-corrected chi connectivity index (χ1v) is 7.93. The zero-order valence-corrected chi connectivity index (χ0v) is 12.6. The van der Waals surface area contributed by atoms with Crippen LogP contribution in [-0.2, 0) is 0 Å². The minimum Gasteiger partial charge on any atom is -0.451 e. The summed E-state index contributed by atoms with van der Waals surface area (Å²) >= 11 is 0. The van der Waals surface area contributed by atoms with Crippen LogP contribution in [0.15, 0.2) is 40.8 Å². The number of hydrogen-bond acceptors (Lipinski definition) is 3. The highest BCUT2D eigenvalue weighted by Crippen LogP contribution is 2.29. The van der Waals surface area contributed by atoms with E-state index < -0.39 is 0 Å². The van der Waals surface area contributed by atoms with Crippen molar-refractivity contribution in [1.29, 1.82) is 0 Å². The van der Waals surface area contributed by atoms with Gasteiger partial charge in [-0.3, -0.25) is 4.79 Å². The summed E-state index contributed by atoms with van der Waals surface area (Å²) in [6, 6.07) is 12.9. The van der Waals surface area contributed by atoms with Crippen molar-refractivity contribution in [2.24, 2.45) is 0 Å². The second-order valence-corrected chi connectivity index (χ2v) is 6.34. The van der Waals surface area contributed by atoms with Gasteiger partial charge in [-0.15, -0.1) is 0 Å². The highest BCUT2D eigenvalue weighted by molar-refractivity contribution is 5.92. The molecule has 3 heterocycles. The Labute approximate surface area is 129 Å². The number of hydrogen-bond donors (Lipinski definition) is 2. The summed E-state index contributed by atoms with van der Waals surface area (Å²) in [7, 11) is 0. The lowest BCUT2D eigenvalue weighted by Gasteiger charge is -2.20. The van der Waals surface area contributed by atoms with Crippen molar-refractivity contribution in [3.8, 4) is 11.3 Å². The van der Waals surface area contributed by atoms with Crippen molar-refractivity contribution in [3.63, 3.8) is 0 Å². The van der Waals surface area contributed by atoms with E-state index >= 15 is 0 Å². The van der Waals surface area contributed by atoms with Gasteiger partial charge in [-0.2, -0.15) is 0 Å². The van der Waals surface area contributed by atoms with E-state index in [1.807, 2.05) is 37.3 Å². The first kappa shape index (κ1) is 13.6. The van der Waals surface area contributed by atoms with Crippen LogP contribution in [0.25, 0.3) is 11.3 Å². The van der Waals surface area contributed by atoms with Crippen molar-refractivity contribution < 1.29 is 9.21 Å². The fourth-order valence-electron chi connectivity index (χ4n) is 3.68. The topological polar surface area (TPSA) is 54.3 Å². The number of nitrogens with one attached hydrogen (secondary N) is 2. The van der Waals surface area contributed by atoms with E-state index in [1.54, 1.807) is 6.07 Å². The molecule has 114 valence electrons. The summed E-state index contributed by atoms with van der Waals surface area (Å²) in [5.74, 6) is 1.02. The second-order valence-electron chi connectivity index (χ2n) is 6.34. The van der Waals surface area contributed by atoms with Crippen LogP contribution in [0, 0.1) is 6.92 Å². The molecule has 2 fully saturated rings. The van der Waals surface area contributed by atoms with Crippen LogP contribution in [0.1, 0.15) is 35.4 Å². The van der Waals surface area contributed by atoms with Crippen molar-refractivity contribution in [2.75, 3.05) is 0 Å². The molecule has 2 aliphatic rings. The van der Waals surface area contributed by atoms with Crippen molar-refractivity contribution in [3.05, 3.63) is 47.7 Å². The smallest absolute Gasteiger partial charge is 0.287 e. The molecule has 0 saturated carbocycles. The van der Waals surface area contributed by atoms with Gasteiger partial charge in [0, 0.05) is 23.7 Å². The second kappa shape index (κ2) is 5.29. The van der Waals surface area contributed by atoms with Crippen LogP contribution in [0.5, 0.6) is 0 Å². The SMILES string of the molecule is Cc1ccccc1-c1ccc(C(=O)NC2CC3CCC2N3)o1. The van der Waals surface area contributed by atoms with Crippen LogP contribution < -0.4 is 10.6 Å². The third kappa shape index (κ3) is 2.33. The predicted molar refractivity (Wildman–Crippen MR) is 84.7 cm³/mol. The fourth-order valence-corrected chi connectivity index (χ4v) is 3.68. The van der Waals surface area contributed by atoms with E-state index in [-0.39, 0.29) is 11.9 Å². The maximum Gasteiger partial charge on any atom is 0.287 e. The Balaban J connectivity index is 1.49. The number of benzene rings is 1. The van der Waals surface area contributed by atoms with Gasteiger partial charge in [-0.1, -0.05) is 24.3 Å².